The summed E-state index contributed by atoms with van der Waals surface area (Å²) in [5.41, 5.74) is 0. The van der Waals surface area contributed by atoms with Crippen molar-refractivity contribution in [3.05, 3.63) is 0 Å². The van der Waals surface area contributed by atoms with Crippen molar-refractivity contribution in [2.24, 2.45) is 0 Å². The molecule has 0 saturated carbocycles. The average molecular weight is 185 g/mol. The van der Waals surface area contributed by atoms with Crippen molar-refractivity contribution in [2.45, 2.75) is 12.8 Å². The number of hydrogen-bond acceptors (Lipinski definition) is 5. The summed E-state index contributed by atoms with van der Waals surface area (Å²) in [4.78, 5) is 2.22. The fourth-order valence-electron chi connectivity index (χ4n) is 1.43. The zero-order valence-electron chi connectivity index (χ0n) is 6.99. The molecule has 0 bridgehead atoms. The number of hydrogen-bond donors (Lipinski definition) is 0. The summed E-state index contributed by atoms with van der Waals surface area (Å²) < 4.78 is 13.3. The minimum Gasteiger partial charge on any atom is -0.478 e. The summed E-state index contributed by atoms with van der Waals surface area (Å²) in [5, 5.41) is 0. The molecule has 0 spiro atoms. The Balaban J connectivity index is 2.19. The molecule has 1 aliphatic rings. The van der Waals surface area contributed by atoms with E-state index in [4.69, 9.17) is 4.74 Å². The number of aromatic nitrogens is 2. The molecule has 1 fully saturated rings. The normalized spacial score (nSPS) is 16.9. The van der Waals surface area contributed by atoms with E-state index in [1.54, 1.807) is 7.11 Å². The second-order valence-corrected chi connectivity index (χ2v) is 3.32. The van der Waals surface area contributed by atoms with Crippen LogP contribution in [0.1, 0.15) is 12.8 Å². The lowest BCUT2D eigenvalue weighted by atomic mass is 10.4. The number of ether oxygens (including phenoxy) is 1. The Hall–Kier alpha value is -0.840. The summed E-state index contributed by atoms with van der Waals surface area (Å²) >= 11 is 1.21. The van der Waals surface area contributed by atoms with E-state index in [2.05, 4.69) is 13.6 Å². The van der Waals surface area contributed by atoms with Gasteiger partial charge in [-0.1, -0.05) is 0 Å². The van der Waals surface area contributed by atoms with Crippen LogP contribution in [0.15, 0.2) is 0 Å². The number of anilines is 1. The standard InChI is InChI=1S/C7H11N3OS/c1-11-7-6(8-12-9-7)10-4-2-3-5-10/h2-5H2,1H3. The minimum absolute atomic E-state index is 0.668. The molecule has 0 N–H and O–H groups in total. The van der Waals surface area contributed by atoms with Gasteiger partial charge in [-0.3, -0.25) is 0 Å². The second kappa shape index (κ2) is 3.26. The highest BCUT2D eigenvalue weighted by molar-refractivity contribution is 6.99. The highest BCUT2D eigenvalue weighted by Crippen LogP contribution is 2.27. The molecule has 12 heavy (non-hydrogen) atoms. The first kappa shape index (κ1) is 7.79. The smallest absolute Gasteiger partial charge is 0.270 e. The van der Waals surface area contributed by atoms with Crippen LogP contribution < -0.4 is 9.64 Å². The molecule has 0 atom stereocenters. The molecule has 0 radical (unpaired) electrons. The van der Waals surface area contributed by atoms with E-state index in [9.17, 15) is 0 Å². The van der Waals surface area contributed by atoms with Gasteiger partial charge in [-0.15, -0.1) is 4.37 Å². The first-order valence-electron chi connectivity index (χ1n) is 4.03. The van der Waals surface area contributed by atoms with Crippen LogP contribution in [0.4, 0.5) is 5.82 Å². The lowest BCUT2D eigenvalue weighted by Gasteiger charge is -2.13. The summed E-state index contributed by atoms with van der Waals surface area (Å²) in [5.74, 6) is 1.59. The molecule has 0 unspecified atom stereocenters. The summed E-state index contributed by atoms with van der Waals surface area (Å²) in [6.45, 7) is 2.17. The van der Waals surface area contributed by atoms with Crippen LogP contribution in [0.25, 0.3) is 0 Å². The van der Waals surface area contributed by atoms with E-state index < -0.39 is 0 Å². The summed E-state index contributed by atoms with van der Waals surface area (Å²) in [7, 11) is 1.64. The Morgan fingerprint density at radius 1 is 1.33 bits per heavy atom. The van der Waals surface area contributed by atoms with E-state index in [0.29, 0.717) is 5.88 Å². The van der Waals surface area contributed by atoms with Crippen molar-refractivity contribution in [1.29, 1.82) is 0 Å². The van der Waals surface area contributed by atoms with Gasteiger partial charge in [0.2, 0.25) is 5.82 Å². The molecular weight excluding hydrogens is 174 g/mol. The van der Waals surface area contributed by atoms with E-state index in [0.717, 1.165) is 18.9 Å². The molecule has 4 nitrogen and oxygen atoms in total. The third-order valence-corrected chi connectivity index (χ3v) is 2.54. The van der Waals surface area contributed by atoms with Gasteiger partial charge in [0.1, 0.15) is 0 Å². The van der Waals surface area contributed by atoms with Gasteiger partial charge in [0.15, 0.2) is 0 Å². The highest BCUT2D eigenvalue weighted by atomic mass is 32.1. The predicted molar refractivity (Wildman–Crippen MR) is 47.9 cm³/mol. The molecule has 2 heterocycles. The van der Waals surface area contributed by atoms with Gasteiger partial charge < -0.3 is 9.64 Å². The zero-order valence-corrected chi connectivity index (χ0v) is 7.80. The topological polar surface area (TPSA) is 38.3 Å². The molecule has 0 amide bonds. The second-order valence-electron chi connectivity index (χ2n) is 2.79. The Morgan fingerprint density at radius 3 is 2.75 bits per heavy atom. The first-order chi connectivity index (χ1) is 5.92. The number of rotatable bonds is 2. The first-order valence-corrected chi connectivity index (χ1v) is 4.76. The van der Waals surface area contributed by atoms with Crippen molar-refractivity contribution >= 4 is 17.5 Å². The fourth-order valence-corrected chi connectivity index (χ4v) is 1.97. The van der Waals surface area contributed by atoms with Crippen LogP contribution in [0.2, 0.25) is 0 Å². The molecule has 1 aromatic heterocycles. The Bertz CT molecular complexity index is 257. The van der Waals surface area contributed by atoms with Gasteiger partial charge in [-0.25, -0.2) is 0 Å². The van der Waals surface area contributed by atoms with Gasteiger partial charge in [0.25, 0.3) is 5.88 Å². The third-order valence-electron chi connectivity index (χ3n) is 2.04. The number of methoxy groups -OCH3 is 1. The third kappa shape index (κ3) is 1.24. The van der Waals surface area contributed by atoms with Gasteiger partial charge in [-0.2, -0.15) is 4.37 Å². The average Bonchev–Trinajstić information content (AvgIpc) is 2.74. The minimum atomic E-state index is 0.668. The van der Waals surface area contributed by atoms with E-state index >= 15 is 0 Å². The summed E-state index contributed by atoms with van der Waals surface area (Å²) in [6.07, 6.45) is 2.50. The quantitative estimate of drug-likeness (QED) is 0.692. The van der Waals surface area contributed by atoms with Gasteiger partial charge in [-0.05, 0) is 12.8 Å². The van der Waals surface area contributed by atoms with Crippen molar-refractivity contribution in [3.63, 3.8) is 0 Å². The maximum Gasteiger partial charge on any atom is 0.270 e. The van der Waals surface area contributed by atoms with Crippen molar-refractivity contribution in [3.8, 4) is 5.88 Å². The van der Waals surface area contributed by atoms with E-state index in [1.165, 1.54) is 24.6 Å². The Morgan fingerprint density at radius 2 is 2.08 bits per heavy atom. The maximum absolute atomic E-state index is 5.09. The van der Waals surface area contributed by atoms with Crippen LogP contribution >= 0.6 is 11.7 Å². The lowest BCUT2D eigenvalue weighted by molar-refractivity contribution is 0.402. The van der Waals surface area contributed by atoms with Crippen LogP contribution in [-0.4, -0.2) is 28.9 Å². The molecule has 1 aliphatic heterocycles. The predicted octanol–water partition coefficient (Wildman–Crippen LogP) is 1.15. The van der Waals surface area contributed by atoms with Gasteiger partial charge in [0, 0.05) is 13.1 Å². The molecule has 2 rings (SSSR count). The van der Waals surface area contributed by atoms with Gasteiger partial charge >= 0.3 is 0 Å². The molecule has 5 heteroatoms. The van der Waals surface area contributed by atoms with Gasteiger partial charge in [0.05, 0.1) is 18.8 Å². The van der Waals surface area contributed by atoms with E-state index in [-0.39, 0.29) is 0 Å². The monoisotopic (exact) mass is 185 g/mol. The van der Waals surface area contributed by atoms with E-state index in [1.807, 2.05) is 0 Å². The Labute approximate surface area is 75.5 Å². The van der Waals surface area contributed by atoms with Crippen molar-refractivity contribution in [2.75, 3.05) is 25.1 Å². The maximum atomic E-state index is 5.09. The lowest BCUT2D eigenvalue weighted by Crippen LogP contribution is -2.18. The number of nitrogens with zero attached hydrogens (tertiary/aromatic N) is 3. The van der Waals surface area contributed by atoms with Crippen molar-refractivity contribution in [1.82, 2.24) is 8.75 Å². The van der Waals surface area contributed by atoms with Crippen LogP contribution in [0, 0.1) is 0 Å². The largest absolute Gasteiger partial charge is 0.478 e. The molecule has 1 saturated heterocycles. The SMILES string of the molecule is COc1nsnc1N1CCCC1. The zero-order chi connectivity index (χ0) is 8.39. The molecule has 1 aromatic rings. The summed E-state index contributed by atoms with van der Waals surface area (Å²) in [6, 6.07) is 0. The van der Waals surface area contributed by atoms with Crippen LogP contribution in [-0.2, 0) is 0 Å². The Kier molecular flexibility index (Phi) is 2.12. The fraction of sp³-hybridized carbons (Fsp3) is 0.714. The molecule has 0 aliphatic carbocycles. The molecule has 0 aromatic carbocycles. The van der Waals surface area contributed by atoms with Crippen LogP contribution in [0.5, 0.6) is 5.88 Å². The molecular formula is C7H11N3OS. The highest BCUT2D eigenvalue weighted by Gasteiger charge is 2.19. The van der Waals surface area contributed by atoms with Crippen molar-refractivity contribution < 1.29 is 4.74 Å². The molecule has 66 valence electrons. The van der Waals surface area contributed by atoms with Crippen LogP contribution in [0.3, 0.4) is 0 Å².